The first-order valence-electron chi connectivity index (χ1n) is 16.4. The standard InChI is InChI=1S/C14H8N2O6.2C14H8O3/c17-13(9-1-5-11(6-2-9)15(19)20)14(18)10-3-7-12(8-4-10)16(21)22;15-13-9-5-2-1-4-8(9)12-10(13)6-3-7-11(12)14(16)17;15-13-11-4-2-1-3-9(11)10-6-5-8(14(16)17)7-12(10)13/h1-8H;2*1-7H,(H,16,17). The fraction of sp³-hybridized carbons (Fsp3) is 0. The zero-order valence-electron chi connectivity index (χ0n) is 28.6. The highest BCUT2D eigenvalue weighted by molar-refractivity contribution is 6.49. The number of ketones is 4. The second-order valence-electron chi connectivity index (χ2n) is 12.1. The third kappa shape index (κ3) is 7.20. The van der Waals surface area contributed by atoms with Crippen LogP contribution in [0.15, 0.2) is 133 Å². The number of aromatic carboxylic acids is 2. The predicted molar refractivity (Wildman–Crippen MR) is 199 cm³/mol. The Kier molecular flexibility index (Phi) is 10.3. The Balaban J connectivity index is 0.000000144. The van der Waals surface area contributed by atoms with Crippen molar-refractivity contribution in [2.45, 2.75) is 0 Å². The van der Waals surface area contributed by atoms with Gasteiger partial charge in [-0.1, -0.05) is 66.7 Å². The van der Waals surface area contributed by atoms with E-state index in [0.29, 0.717) is 33.4 Å². The molecule has 2 N–H and O–H groups in total. The molecule has 0 heterocycles. The highest BCUT2D eigenvalue weighted by Crippen LogP contribution is 2.39. The van der Waals surface area contributed by atoms with Gasteiger partial charge in [0, 0.05) is 63.2 Å². The summed E-state index contributed by atoms with van der Waals surface area (Å²) in [6.45, 7) is 0. The smallest absolute Gasteiger partial charge is 0.336 e. The van der Waals surface area contributed by atoms with Gasteiger partial charge in [-0.05, 0) is 59.2 Å². The number of benzene rings is 6. The highest BCUT2D eigenvalue weighted by Gasteiger charge is 2.30. The molecule has 0 saturated heterocycles. The lowest BCUT2D eigenvalue weighted by atomic mass is 10.00. The average Bonchev–Trinajstić information content (AvgIpc) is 3.67. The average molecular weight is 749 g/mol. The van der Waals surface area contributed by atoms with E-state index in [4.69, 9.17) is 10.2 Å². The van der Waals surface area contributed by atoms with Crippen LogP contribution in [0.3, 0.4) is 0 Å². The lowest BCUT2D eigenvalue weighted by molar-refractivity contribution is -0.385. The number of Topliss-reactive ketones (excluding diaryl/α,β-unsaturated/α-hetero) is 2. The van der Waals surface area contributed by atoms with Gasteiger partial charge in [0.2, 0.25) is 11.6 Å². The molecular formula is C42H24N2O12. The Labute approximate surface area is 315 Å². The second kappa shape index (κ2) is 15.4. The minimum Gasteiger partial charge on any atom is -0.478 e. The Bertz CT molecular complexity index is 2590. The van der Waals surface area contributed by atoms with E-state index < -0.39 is 33.4 Å². The molecule has 0 fully saturated rings. The van der Waals surface area contributed by atoms with Gasteiger partial charge in [0.15, 0.2) is 11.6 Å². The van der Waals surface area contributed by atoms with Gasteiger partial charge in [0.1, 0.15) is 0 Å². The zero-order valence-corrected chi connectivity index (χ0v) is 28.6. The van der Waals surface area contributed by atoms with Gasteiger partial charge >= 0.3 is 11.9 Å². The van der Waals surface area contributed by atoms with E-state index in [1.807, 2.05) is 12.1 Å². The van der Waals surface area contributed by atoms with Crippen molar-refractivity contribution in [2.24, 2.45) is 0 Å². The van der Waals surface area contributed by atoms with Crippen LogP contribution < -0.4 is 0 Å². The number of hydrogen-bond acceptors (Lipinski definition) is 10. The molecule has 2 aliphatic carbocycles. The number of non-ortho nitro benzene ring substituents is 2. The van der Waals surface area contributed by atoms with E-state index in [9.17, 15) is 49.0 Å². The number of rotatable bonds is 7. The molecule has 274 valence electrons. The SMILES string of the molecule is O=C(C(=O)c1ccc([N+](=O)[O-])cc1)c1ccc([N+](=O)[O-])cc1.O=C(O)c1ccc2c(c1)C(=O)c1ccccc1-2.O=C(O)c1cccc2c1-c1ccccc1C2=O. The summed E-state index contributed by atoms with van der Waals surface area (Å²) < 4.78 is 0. The van der Waals surface area contributed by atoms with Crippen molar-refractivity contribution in [3.05, 3.63) is 198 Å². The lowest BCUT2D eigenvalue weighted by Crippen LogP contribution is -2.14. The van der Waals surface area contributed by atoms with Crippen molar-refractivity contribution in [3.63, 3.8) is 0 Å². The topological polar surface area (TPSA) is 229 Å². The summed E-state index contributed by atoms with van der Waals surface area (Å²) in [5.41, 5.74) is 5.08. The molecule has 0 atom stereocenters. The van der Waals surface area contributed by atoms with Gasteiger partial charge in [0.05, 0.1) is 21.0 Å². The maximum atomic E-state index is 12.1. The number of hydrogen-bond donors (Lipinski definition) is 2. The van der Waals surface area contributed by atoms with Crippen LogP contribution in [-0.4, -0.2) is 55.1 Å². The molecule has 6 aromatic rings. The maximum Gasteiger partial charge on any atom is 0.336 e. The summed E-state index contributed by atoms with van der Waals surface area (Å²) in [5.74, 6) is -3.91. The second-order valence-corrected chi connectivity index (χ2v) is 12.1. The number of nitro benzene ring substituents is 2. The van der Waals surface area contributed by atoms with Crippen LogP contribution in [0.4, 0.5) is 11.4 Å². The predicted octanol–water partition coefficient (Wildman–Crippen LogP) is 7.76. The monoisotopic (exact) mass is 748 g/mol. The number of fused-ring (bicyclic) bond motifs is 6. The van der Waals surface area contributed by atoms with Crippen molar-refractivity contribution < 1.29 is 48.8 Å². The summed E-state index contributed by atoms with van der Waals surface area (Å²) in [4.78, 5) is 90.0. The van der Waals surface area contributed by atoms with Gasteiger partial charge in [-0.15, -0.1) is 0 Å². The van der Waals surface area contributed by atoms with Crippen LogP contribution in [0.25, 0.3) is 22.3 Å². The Morgan fingerprint density at radius 2 is 0.839 bits per heavy atom. The Hall–Kier alpha value is -8.26. The third-order valence-electron chi connectivity index (χ3n) is 8.84. The number of carbonyl (C=O) groups is 6. The molecule has 0 saturated carbocycles. The van der Waals surface area contributed by atoms with E-state index in [1.165, 1.54) is 42.5 Å². The molecule has 14 heteroatoms. The first-order valence-corrected chi connectivity index (χ1v) is 16.4. The van der Waals surface area contributed by atoms with Crippen LogP contribution in [0.5, 0.6) is 0 Å². The molecular weight excluding hydrogens is 724 g/mol. The van der Waals surface area contributed by atoms with Crippen molar-refractivity contribution in [1.82, 2.24) is 0 Å². The number of nitro groups is 2. The molecule has 56 heavy (non-hydrogen) atoms. The van der Waals surface area contributed by atoms with Gasteiger partial charge in [0.25, 0.3) is 11.4 Å². The number of carboxylic acid groups (broad SMARTS) is 2. The molecule has 0 unspecified atom stereocenters. The van der Waals surface area contributed by atoms with E-state index in [1.54, 1.807) is 54.6 Å². The molecule has 8 rings (SSSR count). The van der Waals surface area contributed by atoms with E-state index >= 15 is 0 Å². The largest absolute Gasteiger partial charge is 0.478 e. The summed E-state index contributed by atoms with van der Waals surface area (Å²) in [7, 11) is 0. The summed E-state index contributed by atoms with van der Waals surface area (Å²) in [6.07, 6.45) is 0. The van der Waals surface area contributed by atoms with Crippen LogP contribution in [0.1, 0.15) is 73.3 Å². The van der Waals surface area contributed by atoms with Crippen LogP contribution >= 0.6 is 0 Å². The minimum absolute atomic E-state index is 0.00829. The fourth-order valence-corrected chi connectivity index (χ4v) is 6.15. The van der Waals surface area contributed by atoms with Crippen molar-refractivity contribution in [3.8, 4) is 22.3 Å². The maximum absolute atomic E-state index is 12.1. The van der Waals surface area contributed by atoms with Gasteiger partial charge < -0.3 is 10.2 Å². The first kappa shape index (κ1) is 37.5. The number of nitrogens with zero attached hydrogens (tertiary/aromatic N) is 2. The molecule has 2 aliphatic rings. The molecule has 0 radical (unpaired) electrons. The van der Waals surface area contributed by atoms with E-state index in [0.717, 1.165) is 35.4 Å². The molecule has 0 aliphatic heterocycles. The molecule has 14 nitrogen and oxygen atoms in total. The molecule has 0 bridgehead atoms. The van der Waals surface area contributed by atoms with Crippen molar-refractivity contribution in [2.75, 3.05) is 0 Å². The molecule has 6 aromatic carbocycles. The Morgan fingerprint density at radius 3 is 1.32 bits per heavy atom. The minimum atomic E-state index is -1.02. The van der Waals surface area contributed by atoms with Crippen LogP contribution in [0.2, 0.25) is 0 Å². The lowest BCUT2D eigenvalue weighted by Gasteiger charge is -2.03. The molecule has 0 spiro atoms. The highest BCUT2D eigenvalue weighted by atomic mass is 16.6. The quantitative estimate of drug-likeness (QED) is 0.0689. The molecule has 0 aromatic heterocycles. The summed E-state index contributed by atoms with van der Waals surface area (Å²) in [5, 5.41) is 39.1. The number of carbonyl (C=O) groups excluding carboxylic acids is 4. The van der Waals surface area contributed by atoms with Crippen LogP contribution in [-0.2, 0) is 0 Å². The summed E-state index contributed by atoms with van der Waals surface area (Å²) in [6, 6.07) is 33.1. The zero-order chi connectivity index (χ0) is 40.3. The van der Waals surface area contributed by atoms with E-state index in [2.05, 4.69) is 0 Å². The third-order valence-corrected chi connectivity index (χ3v) is 8.84. The fourth-order valence-electron chi connectivity index (χ4n) is 6.15. The first-order chi connectivity index (χ1) is 26.8. The number of carboxylic acids is 2. The van der Waals surface area contributed by atoms with Crippen molar-refractivity contribution >= 4 is 46.4 Å². The van der Waals surface area contributed by atoms with Crippen LogP contribution in [0, 0.1) is 20.2 Å². The van der Waals surface area contributed by atoms with Gasteiger partial charge in [-0.2, -0.15) is 0 Å². The van der Waals surface area contributed by atoms with Gasteiger partial charge in [-0.3, -0.25) is 39.4 Å². The molecule has 0 amide bonds. The van der Waals surface area contributed by atoms with Gasteiger partial charge in [-0.25, -0.2) is 9.59 Å². The van der Waals surface area contributed by atoms with Crippen molar-refractivity contribution in [1.29, 1.82) is 0 Å². The Morgan fingerprint density at radius 1 is 0.429 bits per heavy atom. The van der Waals surface area contributed by atoms with E-state index in [-0.39, 0.29) is 45.2 Å². The summed E-state index contributed by atoms with van der Waals surface area (Å²) >= 11 is 0. The normalized spacial score (nSPS) is 11.3.